The molecule has 21 heavy (non-hydrogen) atoms. The highest BCUT2D eigenvalue weighted by molar-refractivity contribution is 5.41. The Bertz CT molecular complexity index is 588. The molecule has 1 atom stereocenters. The molecule has 3 nitrogen and oxygen atoms in total. The molecule has 1 heterocycles. The maximum atomic E-state index is 10.3. The zero-order valence-corrected chi connectivity index (χ0v) is 12.3. The smallest absolute Gasteiger partial charge is 0.120 e. The van der Waals surface area contributed by atoms with E-state index < -0.39 is 0 Å². The van der Waals surface area contributed by atoms with Gasteiger partial charge >= 0.3 is 0 Å². The quantitative estimate of drug-likeness (QED) is 0.939. The standard InChI is InChI=1S/C18H21NO2/c1-14-6-8-15(9-7-14)18(19-10-12-21-13-11-19)16-4-2-3-5-17(16)20/h2-9,18,20H,10-13H2,1H3/t18-/m1/s1. The second-order valence-electron chi connectivity index (χ2n) is 5.52. The Labute approximate surface area is 125 Å². The van der Waals surface area contributed by atoms with Crippen molar-refractivity contribution in [2.45, 2.75) is 13.0 Å². The summed E-state index contributed by atoms with van der Waals surface area (Å²) >= 11 is 0. The molecule has 1 fully saturated rings. The van der Waals surface area contributed by atoms with Gasteiger partial charge in [-0.15, -0.1) is 0 Å². The highest BCUT2D eigenvalue weighted by Gasteiger charge is 2.26. The van der Waals surface area contributed by atoms with E-state index in [2.05, 4.69) is 36.1 Å². The molecule has 0 bridgehead atoms. The van der Waals surface area contributed by atoms with Crippen LogP contribution in [0.3, 0.4) is 0 Å². The monoisotopic (exact) mass is 283 g/mol. The van der Waals surface area contributed by atoms with Crippen LogP contribution < -0.4 is 0 Å². The molecule has 110 valence electrons. The second kappa shape index (κ2) is 6.29. The molecule has 0 radical (unpaired) electrons. The number of morpholine rings is 1. The molecule has 0 aliphatic carbocycles. The van der Waals surface area contributed by atoms with Crippen LogP contribution in [0.25, 0.3) is 0 Å². The summed E-state index contributed by atoms with van der Waals surface area (Å²) in [5.41, 5.74) is 3.42. The zero-order chi connectivity index (χ0) is 14.7. The first-order valence-corrected chi connectivity index (χ1v) is 7.42. The molecule has 2 aromatic rings. The highest BCUT2D eigenvalue weighted by Crippen LogP contribution is 2.34. The number of aryl methyl sites for hydroxylation is 1. The predicted molar refractivity (Wildman–Crippen MR) is 83.5 cm³/mol. The number of ether oxygens (including phenoxy) is 1. The number of benzene rings is 2. The van der Waals surface area contributed by atoms with Gasteiger partial charge in [-0.1, -0.05) is 48.0 Å². The van der Waals surface area contributed by atoms with Gasteiger partial charge in [-0.3, -0.25) is 4.90 Å². The lowest BCUT2D eigenvalue weighted by atomic mass is 9.95. The number of phenolic OH excluding ortho intramolecular Hbond substituents is 1. The average molecular weight is 283 g/mol. The van der Waals surface area contributed by atoms with Gasteiger partial charge in [-0.2, -0.15) is 0 Å². The zero-order valence-electron chi connectivity index (χ0n) is 12.3. The molecule has 1 saturated heterocycles. The summed E-state index contributed by atoms with van der Waals surface area (Å²) in [6.45, 7) is 5.35. The van der Waals surface area contributed by atoms with Gasteiger partial charge in [0.2, 0.25) is 0 Å². The fourth-order valence-electron chi connectivity index (χ4n) is 2.89. The first kappa shape index (κ1) is 14.1. The van der Waals surface area contributed by atoms with Crippen LogP contribution in [0, 0.1) is 6.92 Å². The van der Waals surface area contributed by atoms with E-state index in [1.807, 2.05) is 18.2 Å². The molecule has 0 amide bonds. The number of hydrogen-bond acceptors (Lipinski definition) is 3. The Morgan fingerprint density at radius 1 is 1.00 bits per heavy atom. The molecule has 1 aliphatic heterocycles. The summed E-state index contributed by atoms with van der Waals surface area (Å²) in [6, 6.07) is 16.3. The van der Waals surface area contributed by atoms with Crippen LogP contribution in [0.5, 0.6) is 5.75 Å². The number of para-hydroxylation sites is 1. The minimum absolute atomic E-state index is 0.0794. The third-order valence-corrected chi connectivity index (χ3v) is 4.04. The van der Waals surface area contributed by atoms with Gasteiger partial charge in [0.1, 0.15) is 5.75 Å². The first-order valence-electron chi connectivity index (χ1n) is 7.42. The largest absolute Gasteiger partial charge is 0.508 e. The number of aromatic hydroxyl groups is 1. The minimum atomic E-state index is 0.0794. The Kier molecular flexibility index (Phi) is 4.23. The topological polar surface area (TPSA) is 32.7 Å². The minimum Gasteiger partial charge on any atom is -0.508 e. The summed E-state index contributed by atoms with van der Waals surface area (Å²) in [7, 11) is 0. The highest BCUT2D eigenvalue weighted by atomic mass is 16.5. The molecule has 3 rings (SSSR count). The van der Waals surface area contributed by atoms with E-state index in [1.54, 1.807) is 6.07 Å². The van der Waals surface area contributed by atoms with Gasteiger partial charge < -0.3 is 9.84 Å². The van der Waals surface area contributed by atoms with Crippen LogP contribution >= 0.6 is 0 Å². The Morgan fingerprint density at radius 2 is 1.67 bits per heavy atom. The summed E-state index contributed by atoms with van der Waals surface area (Å²) in [5, 5.41) is 10.3. The fraction of sp³-hybridized carbons (Fsp3) is 0.333. The van der Waals surface area contributed by atoms with Crippen LogP contribution in [0.15, 0.2) is 48.5 Å². The van der Waals surface area contributed by atoms with Crippen molar-refractivity contribution in [1.29, 1.82) is 0 Å². The van der Waals surface area contributed by atoms with E-state index in [9.17, 15) is 5.11 Å². The van der Waals surface area contributed by atoms with E-state index in [4.69, 9.17) is 4.74 Å². The third kappa shape index (κ3) is 3.09. The lowest BCUT2D eigenvalue weighted by Gasteiger charge is -2.35. The average Bonchev–Trinajstić information content (AvgIpc) is 2.52. The summed E-state index contributed by atoms with van der Waals surface area (Å²) in [5.74, 6) is 0.356. The van der Waals surface area contributed by atoms with Crippen LogP contribution in [-0.4, -0.2) is 36.3 Å². The Balaban J connectivity index is 2.01. The van der Waals surface area contributed by atoms with E-state index in [-0.39, 0.29) is 6.04 Å². The van der Waals surface area contributed by atoms with E-state index in [0.717, 1.165) is 31.9 Å². The van der Waals surface area contributed by atoms with Crippen molar-refractivity contribution in [2.24, 2.45) is 0 Å². The molecule has 2 aromatic carbocycles. The molecule has 1 N–H and O–H groups in total. The number of rotatable bonds is 3. The molecular weight excluding hydrogens is 262 g/mol. The summed E-state index contributed by atoms with van der Waals surface area (Å²) in [4.78, 5) is 2.38. The number of hydrogen-bond donors (Lipinski definition) is 1. The van der Waals surface area contributed by atoms with Crippen molar-refractivity contribution < 1.29 is 9.84 Å². The van der Waals surface area contributed by atoms with Crippen molar-refractivity contribution in [2.75, 3.05) is 26.3 Å². The Morgan fingerprint density at radius 3 is 2.33 bits per heavy atom. The number of nitrogens with zero attached hydrogens (tertiary/aromatic N) is 1. The lowest BCUT2D eigenvalue weighted by Crippen LogP contribution is -2.39. The van der Waals surface area contributed by atoms with E-state index in [1.165, 1.54) is 11.1 Å². The SMILES string of the molecule is Cc1ccc([C@H](c2ccccc2O)N2CCOCC2)cc1. The van der Waals surface area contributed by atoms with Gasteiger partial charge in [-0.05, 0) is 18.6 Å². The van der Waals surface area contributed by atoms with Gasteiger partial charge in [0, 0.05) is 18.7 Å². The maximum absolute atomic E-state index is 10.3. The van der Waals surface area contributed by atoms with Gasteiger partial charge in [-0.25, -0.2) is 0 Å². The van der Waals surface area contributed by atoms with Crippen LogP contribution in [0.4, 0.5) is 0 Å². The Hall–Kier alpha value is -1.84. The molecular formula is C18H21NO2. The molecule has 0 spiro atoms. The van der Waals surface area contributed by atoms with Crippen molar-refractivity contribution >= 4 is 0 Å². The van der Waals surface area contributed by atoms with Crippen LogP contribution in [0.2, 0.25) is 0 Å². The molecule has 1 aliphatic rings. The summed E-state index contributed by atoms with van der Waals surface area (Å²) in [6.07, 6.45) is 0. The molecule has 0 saturated carbocycles. The van der Waals surface area contributed by atoms with Gasteiger partial charge in [0.25, 0.3) is 0 Å². The lowest BCUT2D eigenvalue weighted by molar-refractivity contribution is 0.0235. The van der Waals surface area contributed by atoms with Gasteiger partial charge in [0.05, 0.1) is 19.3 Å². The summed E-state index contributed by atoms with van der Waals surface area (Å²) < 4.78 is 5.47. The molecule has 0 aromatic heterocycles. The normalized spacial score (nSPS) is 17.6. The van der Waals surface area contributed by atoms with Crippen LogP contribution in [-0.2, 0) is 4.74 Å². The maximum Gasteiger partial charge on any atom is 0.120 e. The second-order valence-corrected chi connectivity index (χ2v) is 5.52. The van der Waals surface area contributed by atoms with Crippen molar-refractivity contribution in [1.82, 2.24) is 4.90 Å². The van der Waals surface area contributed by atoms with Gasteiger partial charge in [0.15, 0.2) is 0 Å². The molecule has 0 unspecified atom stereocenters. The predicted octanol–water partition coefficient (Wildman–Crippen LogP) is 3.12. The number of phenols is 1. The van der Waals surface area contributed by atoms with E-state index >= 15 is 0 Å². The first-order chi connectivity index (χ1) is 10.3. The van der Waals surface area contributed by atoms with Crippen LogP contribution in [0.1, 0.15) is 22.7 Å². The third-order valence-electron chi connectivity index (χ3n) is 4.04. The van der Waals surface area contributed by atoms with Crippen molar-refractivity contribution in [3.8, 4) is 5.75 Å². The molecule has 3 heteroatoms. The van der Waals surface area contributed by atoms with Crippen molar-refractivity contribution in [3.05, 3.63) is 65.2 Å². The fourth-order valence-corrected chi connectivity index (χ4v) is 2.89. The van der Waals surface area contributed by atoms with Crippen molar-refractivity contribution in [3.63, 3.8) is 0 Å². The van der Waals surface area contributed by atoms with E-state index in [0.29, 0.717) is 5.75 Å².